The Kier molecular flexibility index (Phi) is 19.5. The Morgan fingerprint density at radius 1 is 0.823 bits per heavy atom. The van der Waals surface area contributed by atoms with Crippen molar-refractivity contribution in [3.63, 3.8) is 0 Å². The fourth-order valence-electron chi connectivity index (χ4n) is 11.8. The minimum absolute atomic E-state index is 0.0243. The number of Topliss-reactive ketones (excluding diaryl/α,β-unsaturated/α-hetero) is 1. The van der Waals surface area contributed by atoms with Crippen molar-refractivity contribution >= 4 is 58.7 Å². The molecule has 428 valence electrons. The topological polar surface area (TPSA) is 289 Å². The molecular weight excluding hydrogens is 1010 g/mol. The summed E-state index contributed by atoms with van der Waals surface area (Å²) < 4.78 is 11.4. The Labute approximate surface area is 461 Å². The number of allylic oxidation sites excluding steroid dienone is 1. The highest BCUT2D eigenvalue weighted by atomic mass is 16.5. The van der Waals surface area contributed by atoms with Crippen LogP contribution in [0.3, 0.4) is 0 Å². The fraction of sp³-hybridized carbons (Fsp3) is 0.632. The van der Waals surface area contributed by atoms with Gasteiger partial charge in [-0.2, -0.15) is 0 Å². The van der Waals surface area contributed by atoms with Crippen LogP contribution < -0.4 is 37.2 Å². The molecule has 3 saturated carbocycles. The van der Waals surface area contributed by atoms with Crippen LogP contribution in [0.1, 0.15) is 154 Å². The van der Waals surface area contributed by atoms with Crippen molar-refractivity contribution in [2.24, 2.45) is 23.2 Å². The number of hydrogen-bond acceptors (Lipinski definition) is 14. The number of nitrogens with zero attached hydrogens (tertiary/aromatic N) is 4. The molecule has 7 N–H and O–H groups in total. The van der Waals surface area contributed by atoms with Gasteiger partial charge in [-0.25, -0.2) is 9.97 Å². The van der Waals surface area contributed by atoms with Crippen LogP contribution in [-0.4, -0.2) is 155 Å². The molecule has 3 aliphatic heterocycles. The zero-order valence-corrected chi connectivity index (χ0v) is 46.1. The molecular formula is C57H79N11O11. The van der Waals surface area contributed by atoms with Gasteiger partial charge in [0.2, 0.25) is 29.4 Å². The van der Waals surface area contributed by atoms with Gasteiger partial charge >= 0.3 is 0 Å². The van der Waals surface area contributed by atoms with Crippen molar-refractivity contribution in [2.75, 3.05) is 51.4 Å². The van der Waals surface area contributed by atoms with Gasteiger partial charge in [0.25, 0.3) is 23.6 Å². The van der Waals surface area contributed by atoms with Crippen LogP contribution >= 0.6 is 0 Å². The number of hydrogen-bond donors (Lipinski definition) is 7. The molecule has 2 saturated heterocycles. The van der Waals surface area contributed by atoms with Gasteiger partial charge in [-0.1, -0.05) is 72.4 Å². The standard InChI is InChI=1S/C57H79N11O11/c1-6-12-41(47(69)54(75)63-36-20-21-36)64-53(74)46-37-16-10-15-35(37)31-68(46)56(77)48(57(3,4)5)66-52(73)45(34-13-8-7-9-14-34)65-50(71)43-30-60-42(29-61-43)49(70)59-24-26-79-28-27-78-25-23-58-40-18-11-17-38-39(40)32-67(55(38)76)44-22-19-33(2)62-51(44)72/h11,17-18,29-30,34-37,41,44-46,48,58H,2,6-10,12-16,19-28,31-32H2,1,3-5H3,(H,59,70)(H,62,72)(H,63,75)(H,64,74)(H,65,71)(H,66,73)/t35-,37?,41-,44?,45-,46-,48+/m0/s1. The number of fused-ring (bicyclic) bond motifs is 2. The van der Waals surface area contributed by atoms with Crippen LogP contribution in [0.15, 0.2) is 42.9 Å². The second-order valence-corrected chi connectivity index (χ2v) is 23.0. The van der Waals surface area contributed by atoms with Gasteiger partial charge in [0.05, 0.1) is 44.9 Å². The molecule has 79 heavy (non-hydrogen) atoms. The largest absolute Gasteiger partial charge is 0.382 e. The third kappa shape index (κ3) is 14.5. The summed E-state index contributed by atoms with van der Waals surface area (Å²) in [6, 6.07) is 0.862. The minimum atomic E-state index is -1.09. The summed E-state index contributed by atoms with van der Waals surface area (Å²) in [7, 11) is 0. The number of nitrogens with one attached hydrogen (secondary N) is 7. The molecule has 3 aliphatic carbocycles. The summed E-state index contributed by atoms with van der Waals surface area (Å²) >= 11 is 0. The average Bonchev–Trinajstić information content (AvgIpc) is 4.11. The van der Waals surface area contributed by atoms with Crippen LogP contribution in [0.25, 0.3) is 0 Å². The first-order valence-electron chi connectivity index (χ1n) is 28.4. The molecule has 0 bridgehead atoms. The number of ether oxygens (including phenoxy) is 2. The molecule has 22 nitrogen and oxygen atoms in total. The van der Waals surface area contributed by atoms with Gasteiger partial charge in [-0.3, -0.25) is 43.2 Å². The molecule has 8 amide bonds. The lowest BCUT2D eigenvalue weighted by Crippen LogP contribution is -2.62. The summed E-state index contributed by atoms with van der Waals surface area (Å²) in [4.78, 5) is 134. The zero-order valence-electron chi connectivity index (χ0n) is 46.1. The zero-order chi connectivity index (χ0) is 56.4. The third-order valence-corrected chi connectivity index (χ3v) is 16.2. The molecule has 2 aromatic rings. The van der Waals surface area contributed by atoms with Gasteiger partial charge < -0.3 is 56.5 Å². The Bertz CT molecular complexity index is 2610. The lowest BCUT2D eigenvalue weighted by Gasteiger charge is -2.38. The highest BCUT2D eigenvalue weighted by molar-refractivity contribution is 6.38. The van der Waals surface area contributed by atoms with Crippen LogP contribution in [0.5, 0.6) is 0 Å². The van der Waals surface area contributed by atoms with Crippen LogP contribution in [0.4, 0.5) is 5.69 Å². The Balaban J connectivity index is 0.791. The quantitative estimate of drug-likeness (QED) is 0.0556. The number of amides is 8. The summed E-state index contributed by atoms with van der Waals surface area (Å²) in [5, 5.41) is 20.3. The van der Waals surface area contributed by atoms with Crippen LogP contribution in [0, 0.1) is 23.2 Å². The van der Waals surface area contributed by atoms with E-state index in [0.29, 0.717) is 76.2 Å². The lowest BCUT2D eigenvalue weighted by atomic mass is 9.82. The highest BCUT2D eigenvalue weighted by Gasteiger charge is 2.53. The molecule has 0 spiro atoms. The number of likely N-dealkylation sites (tertiary alicyclic amines) is 1. The van der Waals surface area contributed by atoms with E-state index in [0.717, 1.165) is 62.6 Å². The minimum Gasteiger partial charge on any atom is -0.382 e. The van der Waals surface area contributed by atoms with Crippen LogP contribution in [-0.2, 0) is 44.8 Å². The molecule has 0 radical (unpaired) electrons. The number of carbonyl (C=O) groups excluding carboxylic acids is 9. The predicted octanol–water partition coefficient (Wildman–Crippen LogP) is 3.07. The van der Waals surface area contributed by atoms with Gasteiger partial charge in [0.15, 0.2) is 0 Å². The van der Waals surface area contributed by atoms with E-state index < -0.39 is 76.9 Å². The second-order valence-electron chi connectivity index (χ2n) is 23.0. The normalized spacial score (nSPS) is 22.2. The Morgan fingerprint density at radius 2 is 1.53 bits per heavy atom. The van der Waals surface area contributed by atoms with Crippen molar-refractivity contribution in [3.8, 4) is 0 Å². The van der Waals surface area contributed by atoms with Gasteiger partial charge in [0, 0.05) is 54.7 Å². The summed E-state index contributed by atoms with van der Waals surface area (Å²) in [5.74, 6) is -4.79. The van der Waals surface area contributed by atoms with E-state index in [-0.39, 0.29) is 73.2 Å². The van der Waals surface area contributed by atoms with Crippen LogP contribution in [0.2, 0.25) is 0 Å². The lowest BCUT2D eigenvalue weighted by molar-refractivity contribution is -0.146. The third-order valence-electron chi connectivity index (χ3n) is 16.2. The first kappa shape index (κ1) is 58.3. The number of rotatable bonds is 25. The second kappa shape index (κ2) is 26.4. The Morgan fingerprint density at radius 3 is 2.20 bits per heavy atom. The number of piperidine rings is 1. The summed E-state index contributed by atoms with van der Waals surface area (Å²) in [5.41, 5.74) is 1.92. The summed E-state index contributed by atoms with van der Waals surface area (Å²) in [6.07, 6.45) is 12.4. The average molecular weight is 1090 g/mol. The van der Waals surface area contributed by atoms with Crippen molar-refractivity contribution < 1.29 is 52.6 Å². The number of benzene rings is 1. The van der Waals surface area contributed by atoms with E-state index in [9.17, 15) is 43.2 Å². The van der Waals surface area contributed by atoms with Crippen molar-refractivity contribution in [1.82, 2.24) is 51.7 Å². The number of aromatic nitrogens is 2. The molecule has 2 unspecified atom stereocenters. The van der Waals surface area contributed by atoms with E-state index >= 15 is 0 Å². The smallest absolute Gasteiger partial charge is 0.289 e. The molecule has 1 aromatic carbocycles. The van der Waals surface area contributed by atoms with E-state index in [4.69, 9.17) is 9.47 Å². The maximum atomic E-state index is 14.9. The fourth-order valence-corrected chi connectivity index (χ4v) is 11.8. The molecule has 4 heterocycles. The predicted molar refractivity (Wildman–Crippen MR) is 290 cm³/mol. The number of anilines is 1. The first-order valence-corrected chi connectivity index (χ1v) is 28.4. The Hall–Kier alpha value is -6.81. The highest BCUT2D eigenvalue weighted by Crippen LogP contribution is 2.43. The van der Waals surface area contributed by atoms with E-state index in [2.05, 4.69) is 53.8 Å². The van der Waals surface area contributed by atoms with Crippen molar-refractivity contribution in [1.29, 1.82) is 0 Å². The van der Waals surface area contributed by atoms with Gasteiger partial charge in [-0.05, 0) is 93.1 Å². The molecule has 7 atom stereocenters. The maximum Gasteiger partial charge on any atom is 0.289 e. The maximum absolute atomic E-state index is 14.9. The number of ketones is 1. The van der Waals surface area contributed by atoms with Crippen molar-refractivity contribution in [2.45, 2.75) is 160 Å². The van der Waals surface area contributed by atoms with Crippen molar-refractivity contribution in [3.05, 3.63) is 65.4 Å². The molecule has 8 rings (SSSR count). The molecule has 5 fully saturated rings. The van der Waals surface area contributed by atoms with Gasteiger partial charge in [0.1, 0.15) is 35.6 Å². The number of carbonyl (C=O) groups is 9. The van der Waals surface area contributed by atoms with E-state index in [1.165, 1.54) is 12.4 Å². The van der Waals surface area contributed by atoms with E-state index in [1.807, 2.05) is 39.8 Å². The molecule has 22 heteroatoms. The monoisotopic (exact) mass is 1090 g/mol. The SMILES string of the molecule is C=C1CCC(N2Cc3c(NCCOCCOCCNC(=O)c4cnc(C(=O)N[C@H](C(=O)N[C@H](C(=O)N5C[C@@H]6CCCC6[C@H]5C(=O)N[C@@H](CCC)C(=O)C(=O)NC5CC5)C(C)(C)C)C5CCCCC5)cn4)cccc3C2=O)C(=O)N1. The first-order chi connectivity index (χ1) is 37.9. The van der Waals surface area contributed by atoms with E-state index in [1.54, 1.807) is 15.9 Å². The summed E-state index contributed by atoms with van der Waals surface area (Å²) in [6.45, 7) is 13.6. The molecule has 6 aliphatic rings. The molecule has 1 aromatic heterocycles. The van der Waals surface area contributed by atoms with Gasteiger partial charge in [-0.15, -0.1) is 0 Å².